The molecule has 0 bridgehead atoms. The first kappa shape index (κ1) is 15.5. The summed E-state index contributed by atoms with van der Waals surface area (Å²) in [6, 6.07) is 17.0. The monoisotopic (exact) mass is 304 g/mol. The Morgan fingerprint density at radius 1 is 0.950 bits per heavy atom. The van der Waals surface area contributed by atoms with Gasteiger partial charge in [0, 0.05) is 4.90 Å². The zero-order valence-corrected chi connectivity index (χ0v) is 14.1. The molecule has 0 spiro atoms. The van der Waals surface area contributed by atoms with Gasteiger partial charge in [-0.15, -0.1) is 23.4 Å². The number of hydrogen-bond acceptors (Lipinski definition) is 1. The second kappa shape index (κ2) is 6.24. The van der Waals surface area contributed by atoms with Crippen molar-refractivity contribution in [2.75, 3.05) is 6.26 Å². The summed E-state index contributed by atoms with van der Waals surface area (Å²) in [4.78, 5) is 1.24. The van der Waals surface area contributed by atoms with Gasteiger partial charge in [0.1, 0.15) is 0 Å². The fraction of sp³-hybridized carbons (Fsp3) is 0.333. The highest BCUT2D eigenvalue weighted by molar-refractivity contribution is 7.98. The van der Waals surface area contributed by atoms with E-state index in [1.807, 2.05) is 6.07 Å². The van der Waals surface area contributed by atoms with Crippen LogP contribution in [-0.2, 0) is 5.41 Å². The molecular formula is C18H21ClS. The lowest BCUT2D eigenvalue weighted by molar-refractivity contribution is 0.590. The van der Waals surface area contributed by atoms with E-state index in [-0.39, 0.29) is 10.8 Å². The SMILES string of the molecule is CSc1ccccc1C(Cl)c1ccc(C(C)(C)C)cc1. The molecule has 20 heavy (non-hydrogen) atoms. The van der Waals surface area contributed by atoms with Crippen LogP contribution in [-0.4, -0.2) is 6.26 Å². The van der Waals surface area contributed by atoms with E-state index in [1.165, 1.54) is 16.0 Å². The summed E-state index contributed by atoms with van der Waals surface area (Å²) >= 11 is 8.41. The van der Waals surface area contributed by atoms with Crippen molar-refractivity contribution in [1.29, 1.82) is 0 Å². The lowest BCUT2D eigenvalue weighted by Gasteiger charge is -2.20. The number of alkyl halides is 1. The van der Waals surface area contributed by atoms with Crippen LogP contribution in [0, 0.1) is 0 Å². The predicted octanol–water partition coefficient (Wildman–Crippen LogP) is 6.03. The van der Waals surface area contributed by atoms with Crippen LogP contribution in [0.3, 0.4) is 0 Å². The third kappa shape index (κ3) is 3.39. The minimum Gasteiger partial charge on any atom is -0.129 e. The van der Waals surface area contributed by atoms with Crippen molar-refractivity contribution in [3.8, 4) is 0 Å². The Kier molecular flexibility index (Phi) is 4.82. The first-order chi connectivity index (χ1) is 9.43. The summed E-state index contributed by atoms with van der Waals surface area (Å²) in [5.74, 6) is 0. The Hall–Kier alpha value is -0.920. The van der Waals surface area contributed by atoms with E-state index in [1.54, 1.807) is 11.8 Å². The highest BCUT2D eigenvalue weighted by Gasteiger charge is 2.17. The van der Waals surface area contributed by atoms with E-state index in [4.69, 9.17) is 11.6 Å². The van der Waals surface area contributed by atoms with Crippen molar-refractivity contribution in [1.82, 2.24) is 0 Å². The summed E-state index contributed by atoms with van der Waals surface area (Å²) in [5, 5.41) is -0.0901. The molecular weight excluding hydrogens is 284 g/mol. The smallest absolute Gasteiger partial charge is 0.0846 e. The Bertz CT molecular complexity index is 567. The van der Waals surface area contributed by atoms with Crippen LogP contribution in [0.2, 0.25) is 0 Å². The van der Waals surface area contributed by atoms with Gasteiger partial charge in [0.15, 0.2) is 0 Å². The molecule has 106 valence electrons. The lowest BCUT2D eigenvalue weighted by Crippen LogP contribution is -2.10. The molecule has 2 aromatic carbocycles. The van der Waals surface area contributed by atoms with Crippen molar-refractivity contribution in [2.45, 2.75) is 36.5 Å². The summed E-state index contributed by atoms with van der Waals surface area (Å²) < 4.78 is 0. The third-order valence-corrected chi connectivity index (χ3v) is 4.78. The molecule has 0 heterocycles. The van der Waals surface area contributed by atoms with E-state index >= 15 is 0 Å². The maximum atomic E-state index is 6.67. The van der Waals surface area contributed by atoms with Crippen LogP contribution in [0.4, 0.5) is 0 Å². The van der Waals surface area contributed by atoms with Gasteiger partial charge >= 0.3 is 0 Å². The molecule has 0 aliphatic heterocycles. The van der Waals surface area contributed by atoms with Crippen LogP contribution in [0.1, 0.15) is 42.8 Å². The van der Waals surface area contributed by atoms with Crippen molar-refractivity contribution in [3.63, 3.8) is 0 Å². The predicted molar refractivity (Wildman–Crippen MR) is 91.1 cm³/mol. The summed E-state index contributed by atoms with van der Waals surface area (Å²) in [6.07, 6.45) is 2.09. The highest BCUT2D eigenvalue weighted by Crippen LogP contribution is 2.35. The minimum absolute atomic E-state index is 0.0901. The molecule has 1 unspecified atom stereocenters. The largest absolute Gasteiger partial charge is 0.129 e. The van der Waals surface area contributed by atoms with Crippen LogP contribution in [0.5, 0.6) is 0 Å². The molecule has 0 nitrogen and oxygen atoms in total. The molecule has 0 aliphatic carbocycles. The van der Waals surface area contributed by atoms with E-state index in [9.17, 15) is 0 Å². The number of benzene rings is 2. The van der Waals surface area contributed by atoms with Gasteiger partial charge in [-0.05, 0) is 34.4 Å². The van der Waals surface area contributed by atoms with Gasteiger partial charge in [-0.25, -0.2) is 0 Å². The molecule has 0 N–H and O–H groups in total. The Morgan fingerprint density at radius 2 is 1.55 bits per heavy atom. The van der Waals surface area contributed by atoms with Gasteiger partial charge in [0.25, 0.3) is 0 Å². The highest BCUT2D eigenvalue weighted by atomic mass is 35.5. The Labute approximate surface area is 131 Å². The molecule has 0 saturated heterocycles. The minimum atomic E-state index is -0.0901. The van der Waals surface area contributed by atoms with Crippen molar-refractivity contribution in [2.24, 2.45) is 0 Å². The van der Waals surface area contributed by atoms with Crippen molar-refractivity contribution in [3.05, 3.63) is 65.2 Å². The van der Waals surface area contributed by atoms with Gasteiger partial charge in [-0.3, -0.25) is 0 Å². The standard InChI is InChI=1S/C18H21ClS/c1-18(2,3)14-11-9-13(10-12-14)17(19)15-7-5-6-8-16(15)20-4/h5-12,17H,1-4H3. The number of halogens is 1. The average Bonchev–Trinajstić information content (AvgIpc) is 2.45. The number of rotatable bonds is 3. The first-order valence-electron chi connectivity index (χ1n) is 6.81. The van der Waals surface area contributed by atoms with Crippen LogP contribution >= 0.6 is 23.4 Å². The summed E-state index contributed by atoms with van der Waals surface area (Å²) in [7, 11) is 0. The van der Waals surface area contributed by atoms with Gasteiger partial charge in [0.05, 0.1) is 5.38 Å². The van der Waals surface area contributed by atoms with Crippen molar-refractivity contribution < 1.29 is 0 Å². The van der Waals surface area contributed by atoms with Crippen LogP contribution in [0.25, 0.3) is 0 Å². The fourth-order valence-electron chi connectivity index (χ4n) is 2.21. The fourth-order valence-corrected chi connectivity index (χ4v) is 3.24. The van der Waals surface area contributed by atoms with E-state index in [0.717, 1.165) is 5.56 Å². The van der Waals surface area contributed by atoms with Crippen LogP contribution < -0.4 is 0 Å². The topological polar surface area (TPSA) is 0 Å². The average molecular weight is 305 g/mol. The summed E-state index contributed by atoms with van der Waals surface area (Å²) in [6.45, 7) is 6.68. The van der Waals surface area contributed by atoms with E-state index in [2.05, 4.69) is 69.5 Å². The lowest BCUT2D eigenvalue weighted by atomic mass is 9.86. The second-order valence-corrected chi connectivity index (χ2v) is 7.26. The number of hydrogen-bond donors (Lipinski definition) is 0. The van der Waals surface area contributed by atoms with E-state index < -0.39 is 0 Å². The molecule has 1 atom stereocenters. The normalized spacial score (nSPS) is 13.2. The maximum absolute atomic E-state index is 6.67. The molecule has 0 aromatic heterocycles. The van der Waals surface area contributed by atoms with Crippen LogP contribution in [0.15, 0.2) is 53.4 Å². The Morgan fingerprint density at radius 3 is 2.10 bits per heavy atom. The van der Waals surface area contributed by atoms with Gasteiger partial charge < -0.3 is 0 Å². The maximum Gasteiger partial charge on any atom is 0.0846 e. The third-order valence-electron chi connectivity index (χ3n) is 3.48. The second-order valence-electron chi connectivity index (χ2n) is 5.98. The molecule has 0 radical (unpaired) electrons. The molecule has 0 fully saturated rings. The molecule has 2 rings (SSSR count). The zero-order chi connectivity index (χ0) is 14.8. The van der Waals surface area contributed by atoms with E-state index in [0.29, 0.717) is 0 Å². The molecule has 2 heteroatoms. The quantitative estimate of drug-likeness (QED) is 0.492. The Balaban J connectivity index is 2.32. The van der Waals surface area contributed by atoms with Gasteiger partial charge in [0.2, 0.25) is 0 Å². The van der Waals surface area contributed by atoms with Gasteiger partial charge in [-0.2, -0.15) is 0 Å². The molecule has 2 aromatic rings. The number of thioether (sulfide) groups is 1. The molecule has 0 saturated carbocycles. The molecule has 0 aliphatic rings. The first-order valence-corrected chi connectivity index (χ1v) is 8.47. The summed E-state index contributed by atoms with van der Waals surface area (Å²) in [5.41, 5.74) is 3.85. The van der Waals surface area contributed by atoms with Gasteiger partial charge in [-0.1, -0.05) is 63.2 Å². The zero-order valence-electron chi connectivity index (χ0n) is 12.5. The van der Waals surface area contributed by atoms with Crippen molar-refractivity contribution >= 4 is 23.4 Å². The molecule has 0 amide bonds.